The molecule has 3 rings (SSSR count). The van der Waals surface area contributed by atoms with Crippen molar-refractivity contribution < 1.29 is 17.9 Å². The van der Waals surface area contributed by atoms with Crippen LogP contribution in [0.5, 0.6) is 5.75 Å². The van der Waals surface area contributed by atoms with Crippen LogP contribution in [0.3, 0.4) is 0 Å². The first-order chi connectivity index (χ1) is 13.3. The maximum absolute atomic E-state index is 12.5. The van der Waals surface area contributed by atoms with Crippen molar-refractivity contribution in [1.82, 2.24) is 9.62 Å². The van der Waals surface area contributed by atoms with Crippen LogP contribution in [0.1, 0.15) is 24.0 Å². The Bertz CT molecular complexity index is 918. The van der Waals surface area contributed by atoms with Crippen molar-refractivity contribution in [3.05, 3.63) is 59.7 Å². The molecule has 7 heteroatoms. The standard InChI is InChI=1S/C21H26N2O4S/c1-16-6-8-20(9-7-16)28(25,26)22-18-10-12-23(13-11-18)21(24)15-27-19-5-3-4-17(2)14-19/h3-9,14,18,22H,10-13,15H2,1-2H3. The Morgan fingerprint density at radius 3 is 2.39 bits per heavy atom. The van der Waals surface area contributed by atoms with Gasteiger partial charge in [0.1, 0.15) is 5.75 Å². The Balaban J connectivity index is 1.48. The van der Waals surface area contributed by atoms with E-state index in [-0.39, 0.29) is 23.5 Å². The van der Waals surface area contributed by atoms with Crippen LogP contribution in [0.15, 0.2) is 53.4 Å². The van der Waals surface area contributed by atoms with Crippen molar-refractivity contribution in [1.29, 1.82) is 0 Å². The number of sulfonamides is 1. The van der Waals surface area contributed by atoms with Crippen molar-refractivity contribution >= 4 is 15.9 Å². The van der Waals surface area contributed by atoms with E-state index in [0.717, 1.165) is 11.1 Å². The lowest BCUT2D eigenvalue weighted by molar-refractivity contribution is -0.134. The highest BCUT2D eigenvalue weighted by Crippen LogP contribution is 2.17. The number of nitrogens with one attached hydrogen (secondary N) is 1. The summed E-state index contributed by atoms with van der Waals surface area (Å²) in [6.07, 6.45) is 1.17. The van der Waals surface area contributed by atoms with Crippen LogP contribution in [-0.4, -0.2) is 45.0 Å². The van der Waals surface area contributed by atoms with Gasteiger partial charge in [-0.1, -0.05) is 29.8 Å². The zero-order chi connectivity index (χ0) is 20.1. The summed E-state index contributed by atoms with van der Waals surface area (Å²) in [5.74, 6) is 0.593. The van der Waals surface area contributed by atoms with Crippen molar-refractivity contribution in [2.45, 2.75) is 37.6 Å². The quantitative estimate of drug-likeness (QED) is 0.806. The maximum atomic E-state index is 12.5. The molecular formula is C21H26N2O4S. The smallest absolute Gasteiger partial charge is 0.260 e. The van der Waals surface area contributed by atoms with Crippen LogP contribution in [0.4, 0.5) is 0 Å². The van der Waals surface area contributed by atoms with Gasteiger partial charge in [-0.05, 0) is 56.5 Å². The SMILES string of the molecule is Cc1ccc(S(=O)(=O)NC2CCN(C(=O)COc3cccc(C)c3)CC2)cc1. The highest BCUT2D eigenvalue weighted by molar-refractivity contribution is 7.89. The minimum atomic E-state index is -3.54. The molecule has 1 aliphatic rings. The molecule has 2 aromatic rings. The molecule has 1 amide bonds. The van der Waals surface area contributed by atoms with Crippen molar-refractivity contribution in [2.75, 3.05) is 19.7 Å². The molecule has 0 bridgehead atoms. The Kier molecular flexibility index (Phi) is 6.36. The van der Waals surface area contributed by atoms with Gasteiger partial charge in [-0.15, -0.1) is 0 Å². The van der Waals surface area contributed by atoms with E-state index < -0.39 is 10.0 Å². The van der Waals surface area contributed by atoms with Crippen molar-refractivity contribution in [3.63, 3.8) is 0 Å². The number of ether oxygens (including phenoxy) is 1. The molecule has 0 saturated carbocycles. The molecule has 0 unspecified atom stereocenters. The Morgan fingerprint density at radius 1 is 1.07 bits per heavy atom. The van der Waals surface area contributed by atoms with E-state index in [2.05, 4.69) is 4.72 Å². The van der Waals surface area contributed by atoms with E-state index in [0.29, 0.717) is 31.7 Å². The third kappa shape index (κ3) is 5.33. The number of carbonyl (C=O) groups is 1. The van der Waals surface area contributed by atoms with Gasteiger partial charge in [-0.2, -0.15) is 0 Å². The molecule has 1 fully saturated rings. The van der Waals surface area contributed by atoms with Gasteiger partial charge >= 0.3 is 0 Å². The average Bonchev–Trinajstić information content (AvgIpc) is 2.67. The van der Waals surface area contributed by atoms with E-state index in [1.165, 1.54) is 0 Å². The Hall–Kier alpha value is -2.38. The molecule has 0 radical (unpaired) electrons. The Labute approximate surface area is 166 Å². The number of nitrogens with zero attached hydrogens (tertiary/aromatic N) is 1. The van der Waals surface area contributed by atoms with Gasteiger partial charge in [-0.25, -0.2) is 13.1 Å². The zero-order valence-corrected chi connectivity index (χ0v) is 17.0. The van der Waals surface area contributed by atoms with Gasteiger partial charge in [0.2, 0.25) is 10.0 Å². The molecule has 0 atom stereocenters. The van der Waals surface area contributed by atoms with Crippen LogP contribution in [-0.2, 0) is 14.8 Å². The topological polar surface area (TPSA) is 75.7 Å². The highest BCUT2D eigenvalue weighted by atomic mass is 32.2. The predicted octanol–water partition coefficient (Wildman–Crippen LogP) is 2.65. The first-order valence-corrected chi connectivity index (χ1v) is 10.9. The minimum absolute atomic E-state index is 0.0107. The summed E-state index contributed by atoms with van der Waals surface area (Å²) in [5.41, 5.74) is 2.09. The van der Waals surface area contributed by atoms with Crippen molar-refractivity contribution in [2.24, 2.45) is 0 Å². The summed E-state index contributed by atoms with van der Waals surface area (Å²) in [7, 11) is -3.54. The number of likely N-dealkylation sites (tertiary alicyclic amines) is 1. The summed E-state index contributed by atoms with van der Waals surface area (Å²) in [6, 6.07) is 14.2. The van der Waals surface area contributed by atoms with E-state index >= 15 is 0 Å². The van der Waals surface area contributed by atoms with Gasteiger partial charge in [0, 0.05) is 19.1 Å². The second-order valence-corrected chi connectivity index (χ2v) is 8.91. The molecular weight excluding hydrogens is 376 g/mol. The summed E-state index contributed by atoms with van der Waals surface area (Å²) in [5, 5.41) is 0. The van der Waals surface area contributed by atoms with Gasteiger partial charge in [0.05, 0.1) is 4.90 Å². The molecule has 1 aliphatic heterocycles. The number of hydrogen-bond donors (Lipinski definition) is 1. The second kappa shape index (κ2) is 8.75. The lowest BCUT2D eigenvalue weighted by atomic mass is 10.1. The molecule has 0 spiro atoms. The lowest BCUT2D eigenvalue weighted by Crippen LogP contribution is -2.47. The second-order valence-electron chi connectivity index (χ2n) is 7.19. The number of benzene rings is 2. The van der Waals surface area contributed by atoms with E-state index in [1.807, 2.05) is 38.1 Å². The molecule has 1 saturated heterocycles. The monoisotopic (exact) mass is 402 g/mol. The number of amides is 1. The molecule has 0 aliphatic carbocycles. The van der Waals surface area contributed by atoms with Gasteiger partial charge in [0.15, 0.2) is 6.61 Å². The third-order valence-corrected chi connectivity index (χ3v) is 6.39. The molecule has 150 valence electrons. The number of piperidine rings is 1. The summed E-state index contributed by atoms with van der Waals surface area (Å²) < 4.78 is 33.3. The summed E-state index contributed by atoms with van der Waals surface area (Å²) in [6.45, 7) is 4.90. The first-order valence-electron chi connectivity index (χ1n) is 9.40. The fourth-order valence-corrected chi connectivity index (χ4v) is 4.50. The number of aryl methyl sites for hydroxylation is 2. The van der Waals surface area contributed by atoms with Gasteiger partial charge in [-0.3, -0.25) is 4.79 Å². The number of carbonyl (C=O) groups excluding carboxylic acids is 1. The highest BCUT2D eigenvalue weighted by Gasteiger charge is 2.26. The molecule has 6 nitrogen and oxygen atoms in total. The van der Waals surface area contributed by atoms with Crippen LogP contribution in [0, 0.1) is 13.8 Å². The van der Waals surface area contributed by atoms with Crippen LogP contribution in [0.2, 0.25) is 0 Å². The van der Waals surface area contributed by atoms with Crippen LogP contribution >= 0.6 is 0 Å². The average molecular weight is 403 g/mol. The fourth-order valence-electron chi connectivity index (χ4n) is 3.19. The maximum Gasteiger partial charge on any atom is 0.260 e. The largest absolute Gasteiger partial charge is 0.484 e. The predicted molar refractivity (Wildman–Crippen MR) is 108 cm³/mol. The van der Waals surface area contributed by atoms with Gasteiger partial charge in [0.25, 0.3) is 5.91 Å². The number of hydrogen-bond acceptors (Lipinski definition) is 4. The Morgan fingerprint density at radius 2 is 1.75 bits per heavy atom. The normalized spacial score (nSPS) is 15.4. The van der Waals surface area contributed by atoms with E-state index in [9.17, 15) is 13.2 Å². The molecule has 2 aromatic carbocycles. The molecule has 28 heavy (non-hydrogen) atoms. The molecule has 0 aromatic heterocycles. The third-order valence-electron chi connectivity index (χ3n) is 4.85. The minimum Gasteiger partial charge on any atom is -0.484 e. The van der Waals surface area contributed by atoms with E-state index in [1.54, 1.807) is 29.2 Å². The lowest BCUT2D eigenvalue weighted by Gasteiger charge is -2.32. The van der Waals surface area contributed by atoms with Gasteiger partial charge < -0.3 is 9.64 Å². The summed E-state index contributed by atoms with van der Waals surface area (Å²) in [4.78, 5) is 14.4. The molecule has 1 N–H and O–H groups in total. The fraction of sp³-hybridized carbons (Fsp3) is 0.381. The zero-order valence-electron chi connectivity index (χ0n) is 16.2. The van der Waals surface area contributed by atoms with Crippen LogP contribution < -0.4 is 9.46 Å². The van der Waals surface area contributed by atoms with Crippen LogP contribution in [0.25, 0.3) is 0 Å². The van der Waals surface area contributed by atoms with E-state index in [4.69, 9.17) is 4.74 Å². The summed E-state index contributed by atoms with van der Waals surface area (Å²) >= 11 is 0. The first kappa shape index (κ1) is 20.4. The number of rotatable bonds is 6. The molecule has 1 heterocycles. The van der Waals surface area contributed by atoms with Crippen molar-refractivity contribution in [3.8, 4) is 5.75 Å².